The predicted octanol–water partition coefficient (Wildman–Crippen LogP) is -0.248. The van der Waals surface area contributed by atoms with E-state index < -0.39 is 0 Å². The van der Waals surface area contributed by atoms with Gasteiger partial charge in [0, 0.05) is 13.1 Å². The highest BCUT2D eigenvalue weighted by atomic mass is 16.2. The summed E-state index contributed by atoms with van der Waals surface area (Å²) < 4.78 is 0. The molecule has 2 N–H and O–H groups in total. The van der Waals surface area contributed by atoms with Gasteiger partial charge >= 0.3 is 0 Å². The minimum atomic E-state index is -0.0703. The van der Waals surface area contributed by atoms with Crippen LogP contribution in [0.25, 0.3) is 0 Å². The number of carbonyl (C=O) groups excluding carboxylic acids is 2. The molecule has 4 heteroatoms. The van der Waals surface area contributed by atoms with E-state index in [1.54, 1.807) is 0 Å². The molecule has 15 heavy (non-hydrogen) atoms. The number of fused-ring (bicyclic) bond motifs is 5. The lowest BCUT2D eigenvalue weighted by Gasteiger charge is -2.15. The predicted molar refractivity (Wildman–Crippen MR) is 53.5 cm³/mol. The van der Waals surface area contributed by atoms with Gasteiger partial charge < -0.3 is 5.73 Å². The zero-order valence-electron chi connectivity index (χ0n) is 8.43. The van der Waals surface area contributed by atoms with Gasteiger partial charge in [-0.05, 0) is 18.3 Å². The van der Waals surface area contributed by atoms with E-state index in [0.717, 1.165) is 6.42 Å². The lowest BCUT2D eigenvalue weighted by atomic mass is 9.85. The Morgan fingerprint density at radius 1 is 1.20 bits per heavy atom. The van der Waals surface area contributed by atoms with Crippen LogP contribution in [-0.4, -0.2) is 29.8 Å². The molecule has 2 amide bonds. The van der Waals surface area contributed by atoms with Crippen LogP contribution >= 0.6 is 0 Å². The maximum absolute atomic E-state index is 12.0. The summed E-state index contributed by atoms with van der Waals surface area (Å²) >= 11 is 0. The Hall–Kier alpha value is -1.16. The fraction of sp³-hybridized carbons (Fsp3) is 0.636. The number of likely N-dealkylation sites (tertiary alicyclic amines) is 1. The minimum Gasteiger partial charge on any atom is -0.329 e. The Balaban J connectivity index is 1.93. The number of nitrogens with two attached hydrogens (primary N) is 1. The van der Waals surface area contributed by atoms with Crippen LogP contribution < -0.4 is 5.73 Å². The van der Waals surface area contributed by atoms with Crippen molar-refractivity contribution in [1.29, 1.82) is 0 Å². The number of rotatable bonds is 2. The number of imide groups is 1. The third-order valence-electron chi connectivity index (χ3n) is 3.91. The van der Waals surface area contributed by atoms with Gasteiger partial charge in [0.25, 0.3) is 0 Å². The Kier molecular flexibility index (Phi) is 1.77. The maximum Gasteiger partial charge on any atom is 0.233 e. The van der Waals surface area contributed by atoms with Crippen molar-refractivity contribution in [2.75, 3.05) is 13.1 Å². The number of allylic oxidation sites excluding steroid dienone is 2. The van der Waals surface area contributed by atoms with Crippen molar-refractivity contribution in [3.05, 3.63) is 12.2 Å². The van der Waals surface area contributed by atoms with Crippen LogP contribution in [0.4, 0.5) is 0 Å². The first-order chi connectivity index (χ1) is 7.24. The van der Waals surface area contributed by atoms with Crippen LogP contribution in [-0.2, 0) is 9.59 Å². The Labute approximate surface area is 88.1 Å². The van der Waals surface area contributed by atoms with Crippen molar-refractivity contribution in [1.82, 2.24) is 4.90 Å². The fourth-order valence-electron chi connectivity index (χ4n) is 3.31. The highest BCUT2D eigenvalue weighted by Gasteiger charge is 2.58. The average Bonchev–Trinajstić information content (AvgIpc) is 2.87. The second-order valence-corrected chi connectivity index (χ2v) is 4.62. The Morgan fingerprint density at radius 3 is 2.20 bits per heavy atom. The maximum atomic E-state index is 12.0. The molecule has 2 fully saturated rings. The summed E-state index contributed by atoms with van der Waals surface area (Å²) in [5, 5.41) is 0. The quantitative estimate of drug-likeness (QED) is 0.500. The number of amides is 2. The van der Waals surface area contributed by atoms with Gasteiger partial charge in [-0.3, -0.25) is 14.5 Å². The van der Waals surface area contributed by atoms with Crippen molar-refractivity contribution < 1.29 is 9.59 Å². The zero-order chi connectivity index (χ0) is 10.6. The number of hydrogen-bond acceptors (Lipinski definition) is 3. The summed E-state index contributed by atoms with van der Waals surface area (Å²) in [5.74, 6) is 0.483. The third kappa shape index (κ3) is 1.00. The molecule has 1 saturated heterocycles. The fourth-order valence-corrected chi connectivity index (χ4v) is 3.31. The Bertz CT molecular complexity index is 334. The molecule has 0 unspecified atom stereocenters. The van der Waals surface area contributed by atoms with Crippen molar-refractivity contribution in [3.8, 4) is 0 Å². The van der Waals surface area contributed by atoms with E-state index in [4.69, 9.17) is 5.73 Å². The number of carbonyl (C=O) groups is 2. The van der Waals surface area contributed by atoms with E-state index in [-0.39, 0.29) is 23.7 Å². The monoisotopic (exact) mass is 206 g/mol. The molecule has 1 saturated carbocycles. The van der Waals surface area contributed by atoms with E-state index in [1.165, 1.54) is 4.90 Å². The molecule has 4 atom stereocenters. The molecular formula is C11H14N2O2. The molecule has 3 rings (SSSR count). The molecule has 80 valence electrons. The third-order valence-corrected chi connectivity index (χ3v) is 3.91. The molecule has 1 aliphatic heterocycles. The standard InChI is InChI=1S/C11H14N2O2/c12-3-4-13-10(14)8-6-1-2-7(5-6)9(8)11(13)15/h1-2,6-9H,3-5,12H2/t6-,7+,8-,9-/m0/s1. The lowest BCUT2D eigenvalue weighted by molar-refractivity contribution is -0.140. The second kappa shape index (κ2) is 2.92. The van der Waals surface area contributed by atoms with Gasteiger partial charge in [0.15, 0.2) is 0 Å². The zero-order valence-corrected chi connectivity index (χ0v) is 8.43. The van der Waals surface area contributed by atoms with Gasteiger partial charge in [-0.1, -0.05) is 12.2 Å². The minimum absolute atomic E-state index is 0.00676. The van der Waals surface area contributed by atoms with Gasteiger partial charge in [-0.15, -0.1) is 0 Å². The van der Waals surface area contributed by atoms with Gasteiger partial charge in [0.2, 0.25) is 11.8 Å². The van der Waals surface area contributed by atoms with Crippen molar-refractivity contribution >= 4 is 11.8 Å². The molecule has 2 bridgehead atoms. The largest absolute Gasteiger partial charge is 0.329 e. The summed E-state index contributed by atoms with van der Waals surface area (Å²) in [6.07, 6.45) is 5.19. The topological polar surface area (TPSA) is 63.4 Å². The van der Waals surface area contributed by atoms with Gasteiger partial charge in [-0.25, -0.2) is 0 Å². The molecule has 0 aromatic carbocycles. The van der Waals surface area contributed by atoms with Crippen molar-refractivity contribution in [3.63, 3.8) is 0 Å². The highest BCUT2D eigenvalue weighted by Crippen LogP contribution is 2.52. The van der Waals surface area contributed by atoms with E-state index in [9.17, 15) is 9.59 Å². The first kappa shape index (κ1) is 9.09. The molecular weight excluding hydrogens is 192 g/mol. The number of hydrogen-bond donors (Lipinski definition) is 1. The summed E-state index contributed by atoms with van der Waals surface area (Å²) in [6, 6.07) is 0. The van der Waals surface area contributed by atoms with Crippen molar-refractivity contribution in [2.45, 2.75) is 6.42 Å². The van der Waals surface area contributed by atoms with Crippen LogP contribution in [0.5, 0.6) is 0 Å². The van der Waals surface area contributed by atoms with Gasteiger partial charge in [-0.2, -0.15) is 0 Å². The second-order valence-electron chi connectivity index (χ2n) is 4.62. The van der Waals surface area contributed by atoms with Crippen LogP contribution in [0, 0.1) is 23.7 Å². The molecule has 0 spiro atoms. The molecule has 1 heterocycles. The average molecular weight is 206 g/mol. The summed E-state index contributed by atoms with van der Waals surface area (Å²) in [5.41, 5.74) is 5.41. The Morgan fingerprint density at radius 2 is 1.73 bits per heavy atom. The molecule has 3 aliphatic rings. The molecule has 0 aromatic heterocycles. The van der Waals surface area contributed by atoms with E-state index in [0.29, 0.717) is 24.9 Å². The van der Waals surface area contributed by atoms with Gasteiger partial charge in [0.05, 0.1) is 11.8 Å². The van der Waals surface area contributed by atoms with Crippen LogP contribution in [0.1, 0.15) is 6.42 Å². The van der Waals surface area contributed by atoms with E-state index >= 15 is 0 Å². The first-order valence-corrected chi connectivity index (χ1v) is 5.47. The molecule has 2 aliphatic carbocycles. The molecule has 0 aromatic rings. The summed E-state index contributed by atoms with van der Waals surface area (Å²) in [4.78, 5) is 25.3. The van der Waals surface area contributed by atoms with Crippen LogP contribution in [0.3, 0.4) is 0 Å². The first-order valence-electron chi connectivity index (χ1n) is 5.47. The molecule has 4 nitrogen and oxygen atoms in total. The summed E-state index contributed by atoms with van der Waals surface area (Å²) in [7, 11) is 0. The smallest absolute Gasteiger partial charge is 0.233 e. The highest BCUT2D eigenvalue weighted by molar-refractivity contribution is 6.06. The summed E-state index contributed by atoms with van der Waals surface area (Å²) in [6.45, 7) is 0.740. The van der Waals surface area contributed by atoms with E-state index in [2.05, 4.69) is 12.2 Å². The van der Waals surface area contributed by atoms with Crippen LogP contribution in [0.2, 0.25) is 0 Å². The van der Waals surface area contributed by atoms with Crippen LogP contribution in [0.15, 0.2) is 12.2 Å². The lowest BCUT2D eigenvalue weighted by Crippen LogP contribution is -2.36. The number of nitrogens with zero attached hydrogens (tertiary/aromatic N) is 1. The normalized spacial score (nSPS) is 41.8. The van der Waals surface area contributed by atoms with E-state index in [1.807, 2.05) is 0 Å². The van der Waals surface area contributed by atoms with Crippen molar-refractivity contribution in [2.24, 2.45) is 29.4 Å². The van der Waals surface area contributed by atoms with Gasteiger partial charge in [0.1, 0.15) is 0 Å². The molecule has 0 radical (unpaired) electrons. The SMILES string of the molecule is NCCN1C(=O)[C@@H]2[C@@H](C1=O)[C@H]1C=C[C@@H]2C1.